The highest BCUT2D eigenvalue weighted by Crippen LogP contribution is 2.31. The van der Waals surface area contributed by atoms with Gasteiger partial charge in [0, 0.05) is 6.04 Å². The first-order valence-electron chi connectivity index (χ1n) is 7.90. The molecule has 1 unspecified atom stereocenters. The summed E-state index contributed by atoms with van der Waals surface area (Å²) in [5.74, 6) is 0.982. The van der Waals surface area contributed by atoms with E-state index in [0.717, 1.165) is 12.5 Å². The summed E-state index contributed by atoms with van der Waals surface area (Å²) in [4.78, 5) is 0. The van der Waals surface area contributed by atoms with Crippen LogP contribution in [0.5, 0.6) is 0 Å². The molecule has 0 saturated heterocycles. The number of rotatable bonds is 6. The molecule has 1 aromatic rings. The predicted molar refractivity (Wildman–Crippen MR) is 83.8 cm³/mol. The smallest absolute Gasteiger partial charge is 0.0110 e. The Hall–Kier alpha value is -0.820. The highest BCUT2D eigenvalue weighted by molar-refractivity contribution is 5.38. The van der Waals surface area contributed by atoms with Crippen molar-refractivity contribution in [2.45, 2.75) is 65.8 Å². The second kappa shape index (κ2) is 6.56. The van der Waals surface area contributed by atoms with Crippen molar-refractivity contribution in [3.8, 4) is 0 Å². The van der Waals surface area contributed by atoms with E-state index in [0.29, 0.717) is 6.04 Å². The van der Waals surface area contributed by atoms with Gasteiger partial charge in [-0.1, -0.05) is 43.9 Å². The quantitative estimate of drug-likeness (QED) is 0.802. The molecular weight excluding hydrogens is 230 g/mol. The van der Waals surface area contributed by atoms with Crippen LogP contribution in [0.1, 0.15) is 54.9 Å². The molecule has 0 aromatic heterocycles. The van der Waals surface area contributed by atoms with Gasteiger partial charge in [-0.05, 0) is 62.8 Å². The molecule has 1 heteroatoms. The predicted octanol–water partition coefficient (Wildman–Crippen LogP) is 4.32. The Bertz CT molecular complexity index is 395. The van der Waals surface area contributed by atoms with Crippen LogP contribution in [0.2, 0.25) is 0 Å². The number of benzene rings is 1. The molecule has 0 spiro atoms. The van der Waals surface area contributed by atoms with Gasteiger partial charge >= 0.3 is 0 Å². The zero-order valence-corrected chi connectivity index (χ0v) is 13.1. The maximum absolute atomic E-state index is 3.70. The third-order valence-corrected chi connectivity index (χ3v) is 4.63. The van der Waals surface area contributed by atoms with Gasteiger partial charge in [0.1, 0.15) is 0 Å². The summed E-state index contributed by atoms with van der Waals surface area (Å²) in [7, 11) is 0. The Labute approximate surface area is 118 Å². The average molecular weight is 259 g/mol. The van der Waals surface area contributed by atoms with E-state index < -0.39 is 0 Å². The van der Waals surface area contributed by atoms with Crippen LogP contribution in [-0.4, -0.2) is 12.6 Å². The first-order valence-corrected chi connectivity index (χ1v) is 7.90. The molecule has 1 N–H and O–H groups in total. The maximum Gasteiger partial charge on any atom is 0.0110 e. The third kappa shape index (κ3) is 3.82. The van der Waals surface area contributed by atoms with Crippen LogP contribution in [0.15, 0.2) is 12.1 Å². The van der Waals surface area contributed by atoms with Crippen LogP contribution in [0, 0.1) is 26.7 Å². The lowest BCUT2D eigenvalue weighted by Crippen LogP contribution is -2.34. The number of nitrogens with one attached hydrogen (secondary N) is 1. The molecule has 0 heterocycles. The third-order valence-electron chi connectivity index (χ3n) is 4.63. The minimum atomic E-state index is 0.662. The van der Waals surface area contributed by atoms with Crippen LogP contribution in [0.4, 0.5) is 0 Å². The molecule has 0 amide bonds. The van der Waals surface area contributed by atoms with Crippen molar-refractivity contribution >= 4 is 0 Å². The first kappa shape index (κ1) is 14.6. The highest BCUT2D eigenvalue weighted by Gasteiger charge is 2.22. The second-order valence-electron chi connectivity index (χ2n) is 6.37. The fraction of sp³-hybridized carbons (Fsp3) is 0.667. The monoisotopic (exact) mass is 259 g/mol. The van der Waals surface area contributed by atoms with Crippen LogP contribution in [0.25, 0.3) is 0 Å². The molecular formula is C18H29N. The molecule has 1 aliphatic rings. The van der Waals surface area contributed by atoms with E-state index >= 15 is 0 Å². The Morgan fingerprint density at radius 3 is 2.26 bits per heavy atom. The van der Waals surface area contributed by atoms with Gasteiger partial charge in [0.2, 0.25) is 0 Å². The average Bonchev–Trinajstić information content (AvgIpc) is 2.28. The molecule has 2 rings (SSSR count). The summed E-state index contributed by atoms with van der Waals surface area (Å²) in [5.41, 5.74) is 5.89. The Morgan fingerprint density at radius 2 is 1.79 bits per heavy atom. The van der Waals surface area contributed by atoms with Crippen molar-refractivity contribution in [1.29, 1.82) is 0 Å². The second-order valence-corrected chi connectivity index (χ2v) is 6.37. The first-order chi connectivity index (χ1) is 9.10. The molecule has 1 aliphatic carbocycles. The van der Waals surface area contributed by atoms with Gasteiger partial charge in [0.15, 0.2) is 0 Å². The molecule has 19 heavy (non-hydrogen) atoms. The largest absolute Gasteiger partial charge is 0.314 e. The standard InChI is InChI=1S/C18H29N/c1-5-19-17(11-16-7-6-8-16)12-18-14(3)9-13(2)10-15(18)4/h9-10,16-17,19H,5-8,11-12H2,1-4H3. The SMILES string of the molecule is CCNC(Cc1c(C)cc(C)cc1C)CC1CCC1. The van der Waals surface area contributed by atoms with E-state index in [4.69, 9.17) is 0 Å². The fourth-order valence-electron chi connectivity index (χ4n) is 3.44. The number of hydrogen-bond donors (Lipinski definition) is 1. The molecule has 0 bridgehead atoms. The minimum Gasteiger partial charge on any atom is -0.314 e. The number of hydrogen-bond acceptors (Lipinski definition) is 1. The van der Waals surface area contributed by atoms with Crippen molar-refractivity contribution in [3.05, 3.63) is 34.4 Å². The van der Waals surface area contributed by atoms with Crippen LogP contribution in [0.3, 0.4) is 0 Å². The highest BCUT2D eigenvalue weighted by atomic mass is 14.9. The van der Waals surface area contributed by atoms with Gasteiger partial charge in [-0.2, -0.15) is 0 Å². The van der Waals surface area contributed by atoms with Crippen LogP contribution in [-0.2, 0) is 6.42 Å². The zero-order valence-electron chi connectivity index (χ0n) is 13.1. The minimum absolute atomic E-state index is 0.662. The van der Waals surface area contributed by atoms with E-state index in [2.05, 4.69) is 45.1 Å². The van der Waals surface area contributed by atoms with Gasteiger partial charge in [-0.15, -0.1) is 0 Å². The van der Waals surface area contributed by atoms with Gasteiger partial charge in [-0.3, -0.25) is 0 Å². The van der Waals surface area contributed by atoms with E-state index in [1.54, 1.807) is 5.56 Å². The fourth-order valence-corrected chi connectivity index (χ4v) is 3.44. The number of likely N-dealkylation sites (N-methyl/N-ethyl adjacent to an activating group) is 1. The van der Waals surface area contributed by atoms with Gasteiger partial charge in [0.25, 0.3) is 0 Å². The molecule has 1 atom stereocenters. The summed E-state index contributed by atoms with van der Waals surface area (Å²) < 4.78 is 0. The van der Waals surface area contributed by atoms with Crippen molar-refractivity contribution in [2.75, 3.05) is 6.54 Å². The van der Waals surface area contributed by atoms with E-state index in [1.165, 1.54) is 48.8 Å². The molecule has 0 radical (unpaired) electrons. The van der Waals surface area contributed by atoms with Crippen molar-refractivity contribution in [3.63, 3.8) is 0 Å². The summed E-state index contributed by atoms with van der Waals surface area (Å²) in [5, 5.41) is 3.70. The normalized spacial score (nSPS) is 17.3. The maximum atomic E-state index is 3.70. The number of aryl methyl sites for hydroxylation is 3. The summed E-state index contributed by atoms with van der Waals surface area (Å²) in [6.45, 7) is 10.0. The van der Waals surface area contributed by atoms with Crippen LogP contribution < -0.4 is 5.32 Å². The molecule has 1 aromatic carbocycles. The van der Waals surface area contributed by atoms with Gasteiger partial charge in [-0.25, -0.2) is 0 Å². The van der Waals surface area contributed by atoms with E-state index in [-0.39, 0.29) is 0 Å². The zero-order chi connectivity index (χ0) is 13.8. The molecule has 1 fully saturated rings. The Kier molecular flexibility index (Phi) is 5.04. The van der Waals surface area contributed by atoms with E-state index in [1.807, 2.05) is 0 Å². The van der Waals surface area contributed by atoms with Crippen LogP contribution >= 0.6 is 0 Å². The summed E-state index contributed by atoms with van der Waals surface area (Å²) in [6.07, 6.45) is 6.91. The van der Waals surface area contributed by atoms with E-state index in [9.17, 15) is 0 Å². The van der Waals surface area contributed by atoms with Gasteiger partial charge < -0.3 is 5.32 Å². The molecule has 1 nitrogen and oxygen atoms in total. The van der Waals surface area contributed by atoms with Crippen molar-refractivity contribution in [1.82, 2.24) is 5.32 Å². The molecule has 0 aliphatic heterocycles. The lowest BCUT2D eigenvalue weighted by atomic mass is 9.79. The molecule has 1 saturated carbocycles. The van der Waals surface area contributed by atoms with Gasteiger partial charge in [0.05, 0.1) is 0 Å². The topological polar surface area (TPSA) is 12.0 Å². The van der Waals surface area contributed by atoms with Crippen molar-refractivity contribution < 1.29 is 0 Å². The summed E-state index contributed by atoms with van der Waals surface area (Å²) >= 11 is 0. The lowest BCUT2D eigenvalue weighted by molar-refractivity contribution is 0.260. The molecule has 106 valence electrons. The Balaban J connectivity index is 2.07. The Morgan fingerprint density at radius 1 is 1.16 bits per heavy atom. The summed E-state index contributed by atoms with van der Waals surface area (Å²) in [6, 6.07) is 5.32. The lowest BCUT2D eigenvalue weighted by Gasteiger charge is -2.30. The van der Waals surface area contributed by atoms with Crippen molar-refractivity contribution in [2.24, 2.45) is 5.92 Å².